The SMILES string of the molecule is C1=Cc2c(c3ccccc3n2-c2c(-n3c4ccccc4c4ccccc43)nc(-n3c4ccccc4c4ccccc43)c(-n3c4ccccc4c4ccccc43)c2-c2cc(-c3ccccc3)nc(-c3ccccc3)n2)CC1. The lowest BCUT2D eigenvalue weighted by Crippen LogP contribution is -2.17. The molecule has 0 saturated carbocycles. The van der Waals surface area contributed by atoms with Gasteiger partial charge in [0.15, 0.2) is 17.5 Å². The molecule has 7 nitrogen and oxygen atoms in total. The summed E-state index contributed by atoms with van der Waals surface area (Å²) in [7, 11) is 0. The molecule has 0 bridgehead atoms. The number of hydrogen-bond donors (Lipinski definition) is 0. The zero-order valence-corrected chi connectivity index (χ0v) is 41.2. The Labute approximate surface area is 437 Å². The fraction of sp³-hybridized carbons (Fsp3) is 0.0290. The van der Waals surface area contributed by atoms with E-state index in [2.05, 4.69) is 267 Å². The summed E-state index contributed by atoms with van der Waals surface area (Å²) in [4.78, 5) is 17.7. The van der Waals surface area contributed by atoms with Crippen LogP contribution in [-0.4, -0.2) is 33.2 Å². The van der Waals surface area contributed by atoms with Crippen LogP contribution in [0.2, 0.25) is 0 Å². The zero-order chi connectivity index (χ0) is 49.8. The molecule has 0 fully saturated rings. The number of hydrogen-bond acceptors (Lipinski definition) is 3. The van der Waals surface area contributed by atoms with Gasteiger partial charge in [-0.05, 0) is 73.0 Å². The minimum atomic E-state index is 0.629. The molecule has 0 saturated heterocycles. The number of allylic oxidation sites excluding steroid dienone is 1. The van der Waals surface area contributed by atoms with Gasteiger partial charge in [0.25, 0.3) is 0 Å². The fourth-order valence-electron chi connectivity index (χ4n) is 12.5. The molecule has 9 aromatic carbocycles. The van der Waals surface area contributed by atoms with Gasteiger partial charge in [0.05, 0.1) is 55.6 Å². The smallest absolute Gasteiger partial charge is 0.165 e. The van der Waals surface area contributed by atoms with Crippen molar-refractivity contribution < 1.29 is 0 Å². The average molecular weight is 972 g/mol. The summed E-state index contributed by atoms with van der Waals surface area (Å²) in [5, 5.41) is 8.11. The number of pyridine rings is 1. The fourth-order valence-corrected chi connectivity index (χ4v) is 12.5. The van der Waals surface area contributed by atoms with Crippen LogP contribution in [0, 0.1) is 0 Å². The van der Waals surface area contributed by atoms with E-state index >= 15 is 0 Å². The predicted octanol–water partition coefficient (Wildman–Crippen LogP) is 17.1. The Hall–Kier alpha value is -10.1. The molecule has 6 heterocycles. The van der Waals surface area contributed by atoms with Gasteiger partial charge in [0.2, 0.25) is 0 Å². The van der Waals surface area contributed by atoms with Crippen molar-refractivity contribution >= 4 is 82.4 Å². The van der Waals surface area contributed by atoms with Crippen LogP contribution in [0.15, 0.2) is 243 Å². The van der Waals surface area contributed by atoms with Crippen molar-refractivity contribution in [1.29, 1.82) is 0 Å². The predicted molar refractivity (Wildman–Crippen MR) is 313 cm³/mol. The number of aromatic nitrogens is 7. The van der Waals surface area contributed by atoms with Gasteiger partial charge in [-0.1, -0.05) is 194 Å². The first kappa shape index (κ1) is 42.4. The highest BCUT2D eigenvalue weighted by Gasteiger charge is 2.34. The van der Waals surface area contributed by atoms with Crippen LogP contribution in [0.25, 0.3) is 139 Å². The van der Waals surface area contributed by atoms with Crippen molar-refractivity contribution in [1.82, 2.24) is 33.2 Å². The number of nitrogens with zero attached hydrogens (tertiary/aromatic N) is 7. The van der Waals surface area contributed by atoms with Gasteiger partial charge in [0.1, 0.15) is 11.4 Å². The maximum absolute atomic E-state index is 6.40. The van der Waals surface area contributed by atoms with E-state index in [9.17, 15) is 0 Å². The van der Waals surface area contributed by atoms with Crippen LogP contribution in [-0.2, 0) is 6.42 Å². The highest BCUT2D eigenvalue weighted by molar-refractivity contribution is 6.14. The molecule has 356 valence electrons. The normalized spacial score (nSPS) is 12.6. The van der Waals surface area contributed by atoms with Crippen molar-refractivity contribution in [3.05, 3.63) is 254 Å². The molecular weight excluding hydrogens is 927 g/mol. The highest BCUT2D eigenvalue weighted by atomic mass is 15.2. The average Bonchev–Trinajstić information content (AvgIpc) is 4.26. The molecule has 15 aromatic rings. The van der Waals surface area contributed by atoms with Gasteiger partial charge in [-0.15, -0.1) is 0 Å². The lowest BCUT2D eigenvalue weighted by molar-refractivity contribution is 0.931. The van der Waals surface area contributed by atoms with Gasteiger partial charge in [-0.3, -0.25) is 9.13 Å². The number of aryl methyl sites for hydroxylation is 1. The Bertz CT molecular complexity index is 4660. The van der Waals surface area contributed by atoms with E-state index in [4.69, 9.17) is 15.0 Å². The standard InChI is InChI=1S/C69H45N7/c1-3-23-44(24-4-1)54-43-55(71-67(70-54)45-25-5-2-6-26-45)64-65(73-56-35-15-7-27-46(56)47-28-8-16-36-57(47)73)68(75-60-39-19-11-31-50(60)51-32-12-20-40-61(51)75)72-69(76-62-41-21-13-33-52(62)53-34-14-22-42-63(53)76)66(64)74-58-37-17-9-29-48(58)49-30-10-18-38-59(49)74/h1-9,11-29,31-43H,10,30H2. The second-order valence-electron chi connectivity index (χ2n) is 19.8. The van der Waals surface area contributed by atoms with Crippen LogP contribution in [0.4, 0.5) is 0 Å². The lowest BCUT2D eigenvalue weighted by atomic mass is 10.0. The summed E-state index contributed by atoms with van der Waals surface area (Å²) in [6.07, 6.45) is 6.54. The van der Waals surface area contributed by atoms with E-state index in [-0.39, 0.29) is 0 Å². The van der Waals surface area contributed by atoms with Gasteiger partial charge >= 0.3 is 0 Å². The van der Waals surface area contributed by atoms with Crippen molar-refractivity contribution in [2.75, 3.05) is 0 Å². The van der Waals surface area contributed by atoms with Gasteiger partial charge in [-0.2, -0.15) is 0 Å². The van der Waals surface area contributed by atoms with E-state index in [1.165, 1.54) is 10.9 Å². The van der Waals surface area contributed by atoms with E-state index < -0.39 is 0 Å². The quantitative estimate of drug-likeness (QED) is 0.160. The molecule has 1 aliphatic carbocycles. The summed E-state index contributed by atoms with van der Waals surface area (Å²) in [6.45, 7) is 0. The second kappa shape index (κ2) is 16.7. The van der Waals surface area contributed by atoms with Crippen molar-refractivity contribution in [2.45, 2.75) is 12.8 Å². The summed E-state index contributed by atoms with van der Waals surface area (Å²) >= 11 is 0. The van der Waals surface area contributed by atoms with Gasteiger partial charge in [-0.25, -0.2) is 15.0 Å². The van der Waals surface area contributed by atoms with Crippen molar-refractivity contribution in [2.24, 2.45) is 0 Å². The Kier molecular flexibility index (Phi) is 9.32. The Morgan fingerprint density at radius 1 is 0.316 bits per heavy atom. The van der Waals surface area contributed by atoms with E-state index in [1.54, 1.807) is 0 Å². The first-order chi connectivity index (χ1) is 37.8. The third kappa shape index (κ3) is 6.20. The van der Waals surface area contributed by atoms with Crippen LogP contribution in [0.5, 0.6) is 0 Å². The number of fused-ring (bicyclic) bond motifs is 12. The molecule has 0 radical (unpaired) electrons. The highest BCUT2D eigenvalue weighted by Crippen LogP contribution is 2.49. The molecule has 1 aliphatic rings. The number of benzene rings is 9. The van der Waals surface area contributed by atoms with Crippen molar-refractivity contribution in [3.8, 4) is 56.9 Å². The summed E-state index contributed by atoms with van der Waals surface area (Å²) in [6, 6.07) is 84.9. The first-order valence-corrected chi connectivity index (χ1v) is 26.1. The van der Waals surface area contributed by atoms with Crippen LogP contribution < -0.4 is 0 Å². The molecule has 0 amide bonds. The molecule has 7 heteroatoms. The topological polar surface area (TPSA) is 58.4 Å². The summed E-state index contributed by atoms with van der Waals surface area (Å²) in [5.74, 6) is 2.17. The molecule has 0 N–H and O–H groups in total. The van der Waals surface area contributed by atoms with Crippen LogP contribution in [0.1, 0.15) is 17.7 Å². The Morgan fingerprint density at radius 3 is 1.16 bits per heavy atom. The summed E-state index contributed by atoms with van der Waals surface area (Å²) < 4.78 is 9.82. The van der Waals surface area contributed by atoms with Gasteiger partial charge in [0, 0.05) is 54.5 Å². The maximum Gasteiger partial charge on any atom is 0.165 e. The molecule has 0 atom stereocenters. The lowest BCUT2D eigenvalue weighted by Gasteiger charge is -2.27. The second-order valence-corrected chi connectivity index (χ2v) is 19.8. The molecule has 76 heavy (non-hydrogen) atoms. The third-order valence-corrected chi connectivity index (χ3v) is 15.7. The zero-order valence-electron chi connectivity index (χ0n) is 41.2. The monoisotopic (exact) mass is 971 g/mol. The number of para-hydroxylation sites is 7. The largest absolute Gasteiger partial charge is 0.305 e. The molecule has 0 spiro atoms. The minimum Gasteiger partial charge on any atom is -0.305 e. The molecule has 6 aromatic heterocycles. The first-order valence-electron chi connectivity index (χ1n) is 26.1. The van der Waals surface area contributed by atoms with E-state index in [1.807, 2.05) is 0 Å². The molecule has 16 rings (SSSR count). The molecular formula is C69H45N7. The van der Waals surface area contributed by atoms with Gasteiger partial charge < -0.3 is 9.13 Å². The number of rotatable bonds is 7. The third-order valence-electron chi connectivity index (χ3n) is 15.7. The van der Waals surface area contributed by atoms with E-state index in [0.29, 0.717) is 5.82 Å². The van der Waals surface area contributed by atoms with Crippen LogP contribution in [0.3, 0.4) is 0 Å². The minimum absolute atomic E-state index is 0.629. The molecule has 0 aliphatic heterocycles. The van der Waals surface area contributed by atoms with Crippen molar-refractivity contribution in [3.63, 3.8) is 0 Å². The van der Waals surface area contributed by atoms with Crippen LogP contribution >= 0.6 is 0 Å². The summed E-state index contributed by atoms with van der Waals surface area (Å²) in [5.41, 5.74) is 16.1. The Balaban J connectivity index is 1.24. The van der Waals surface area contributed by atoms with E-state index in [0.717, 1.165) is 141 Å². The maximum atomic E-state index is 6.40. The Morgan fingerprint density at radius 2 is 0.684 bits per heavy atom. The molecule has 0 unspecified atom stereocenters.